The molecule has 27 heavy (non-hydrogen) atoms. The Morgan fingerprint density at radius 1 is 1.04 bits per heavy atom. The lowest BCUT2D eigenvalue weighted by molar-refractivity contribution is -0.126. The number of ether oxygens (including phenoxy) is 2. The molecule has 1 saturated heterocycles. The zero-order chi connectivity index (χ0) is 19.1. The monoisotopic (exact) mass is 366 g/mol. The van der Waals surface area contributed by atoms with E-state index in [9.17, 15) is 4.79 Å². The summed E-state index contributed by atoms with van der Waals surface area (Å²) in [5, 5.41) is 0. The molecule has 1 heterocycles. The summed E-state index contributed by atoms with van der Waals surface area (Å²) >= 11 is 0. The molecule has 0 aliphatic carbocycles. The minimum absolute atomic E-state index is 0.0377. The van der Waals surface area contributed by atoms with E-state index in [1.54, 1.807) is 13.2 Å². The van der Waals surface area contributed by atoms with E-state index in [1.807, 2.05) is 54.3 Å². The molecule has 0 spiro atoms. The average molecular weight is 366 g/mol. The Labute approximate surface area is 160 Å². The van der Waals surface area contributed by atoms with Gasteiger partial charge in [-0.15, -0.1) is 0 Å². The summed E-state index contributed by atoms with van der Waals surface area (Å²) in [4.78, 5) is 16.7. The number of rotatable bonds is 6. The van der Waals surface area contributed by atoms with Crippen LogP contribution in [0.1, 0.15) is 12.5 Å². The molecule has 1 aliphatic rings. The van der Waals surface area contributed by atoms with Gasteiger partial charge in [-0.2, -0.15) is 0 Å². The van der Waals surface area contributed by atoms with Crippen molar-refractivity contribution in [2.45, 2.75) is 6.92 Å². The second-order valence-electron chi connectivity index (χ2n) is 6.31. The maximum absolute atomic E-state index is 12.5. The van der Waals surface area contributed by atoms with E-state index >= 15 is 0 Å². The van der Waals surface area contributed by atoms with Crippen LogP contribution >= 0.6 is 0 Å². The molecule has 0 aromatic heterocycles. The van der Waals surface area contributed by atoms with Crippen LogP contribution in [0.4, 0.5) is 5.69 Å². The van der Waals surface area contributed by atoms with Crippen LogP contribution in [-0.4, -0.2) is 50.7 Å². The van der Waals surface area contributed by atoms with E-state index in [1.165, 1.54) is 0 Å². The normalized spacial score (nSPS) is 14.4. The number of benzene rings is 2. The van der Waals surface area contributed by atoms with Gasteiger partial charge in [0.1, 0.15) is 11.5 Å². The van der Waals surface area contributed by atoms with Crippen molar-refractivity contribution in [3.05, 3.63) is 60.2 Å². The van der Waals surface area contributed by atoms with Gasteiger partial charge in [0, 0.05) is 43.5 Å². The van der Waals surface area contributed by atoms with Crippen molar-refractivity contribution in [2.75, 3.05) is 44.8 Å². The Morgan fingerprint density at radius 3 is 2.41 bits per heavy atom. The highest BCUT2D eigenvalue weighted by atomic mass is 16.5. The Kier molecular flexibility index (Phi) is 6.36. The van der Waals surface area contributed by atoms with E-state index in [2.05, 4.69) is 17.0 Å². The summed E-state index contributed by atoms with van der Waals surface area (Å²) in [5.74, 6) is 1.69. The molecular weight excluding hydrogens is 340 g/mol. The third-order valence-electron chi connectivity index (χ3n) is 4.65. The molecule has 0 saturated carbocycles. The van der Waals surface area contributed by atoms with Gasteiger partial charge in [-0.05, 0) is 43.3 Å². The number of piperazine rings is 1. The molecule has 1 fully saturated rings. The van der Waals surface area contributed by atoms with Crippen molar-refractivity contribution in [1.29, 1.82) is 0 Å². The Bertz CT molecular complexity index is 778. The van der Waals surface area contributed by atoms with Crippen LogP contribution in [0.3, 0.4) is 0 Å². The third-order valence-corrected chi connectivity index (χ3v) is 4.65. The molecule has 5 heteroatoms. The molecule has 0 bridgehead atoms. The van der Waals surface area contributed by atoms with E-state index in [-0.39, 0.29) is 5.91 Å². The summed E-state index contributed by atoms with van der Waals surface area (Å²) in [6, 6.07) is 15.8. The van der Waals surface area contributed by atoms with Crippen LogP contribution in [-0.2, 0) is 4.79 Å². The van der Waals surface area contributed by atoms with Gasteiger partial charge >= 0.3 is 0 Å². The van der Waals surface area contributed by atoms with Crippen molar-refractivity contribution < 1.29 is 14.3 Å². The topological polar surface area (TPSA) is 42.0 Å². The van der Waals surface area contributed by atoms with Crippen molar-refractivity contribution in [3.8, 4) is 11.5 Å². The SMILES string of the molecule is CCOc1ccccc1/C=C/C(=O)N1CCN(c2ccc(OC)cc2)CC1. The number of amides is 1. The largest absolute Gasteiger partial charge is 0.497 e. The fourth-order valence-corrected chi connectivity index (χ4v) is 3.15. The molecule has 142 valence electrons. The quantitative estimate of drug-likeness (QED) is 0.735. The highest BCUT2D eigenvalue weighted by Gasteiger charge is 2.19. The van der Waals surface area contributed by atoms with Gasteiger partial charge in [-0.1, -0.05) is 18.2 Å². The molecule has 0 N–H and O–H groups in total. The first-order valence-corrected chi connectivity index (χ1v) is 9.29. The lowest BCUT2D eigenvalue weighted by Gasteiger charge is -2.35. The minimum Gasteiger partial charge on any atom is -0.497 e. The summed E-state index contributed by atoms with van der Waals surface area (Å²) in [6.07, 6.45) is 3.48. The van der Waals surface area contributed by atoms with Gasteiger partial charge in [0.25, 0.3) is 0 Å². The second kappa shape index (κ2) is 9.12. The lowest BCUT2D eigenvalue weighted by Crippen LogP contribution is -2.48. The fourth-order valence-electron chi connectivity index (χ4n) is 3.15. The molecule has 1 aliphatic heterocycles. The highest BCUT2D eigenvalue weighted by molar-refractivity contribution is 5.92. The number of hydrogen-bond acceptors (Lipinski definition) is 4. The third kappa shape index (κ3) is 4.82. The van der Waals surface area contributed by atoms with Crippen molar-refractivity contribution in [3.63, 3.8) is 0 Å². The molecule has 2 aromatic carbocycles. The molecule has 2 aromatic rings. The average Bonchev–Trinajstić information content (AvgIpc) is 2.73. The van der Waals surface area contributed by atoms with Crippen molar-refractivity contribution in [2.24, 2.45) is 0 Å². The number of nitrogens with zero attached hydrogens (tertiary/aromatic N) is 2. The summed E-state index contributed by atoms with van der Waals surface area (Å²) in [6.45, 7) is 5.62. The predicted molar refractivity (Wildman–Crippen MR) is 108 cm³/mol. The number of carbonyl (C=O) groups is 1. The van der Waals surface area contributed by atoms with Gasteiger partial charge < -0.3 is 19.3 Å². The van der Waals surface area contributed by atoms with Crippen LogP contribution in [0.5, 0.6) is 11.5 Å². The number of carbonyl (C=O) groups excluding carboxylic acids is 1. The van der Waals surface area contributed by atoms with Gasteiger partial charge in [-0.25, -0.2) is 0 Å². The molecule has 0 radical (unpaired) electrons. The maximum atomic E-state index is 12.5. The lowest BCUT2D eigenvalue weighted by atomic mass is 10.2. The van der Waals surface area contributed by atoms with Gasteiger partial charge in [0.15, 0.2) is 0 Å². The summed E-state index contributed by atoms with van der Waals surface area (Å²) in [7, 11) is 1.67. The van der Waals surface area contributed by atoms with Gasteiger partial charge in [0.2, 0.25) is 5.91 Å². The summed E-state index contributed by atoms with van der Waals surface area (Å²) in [5.41, 5.74) is 2.08. The number of hydrogen-bond donors (Lipinski definition) is 0. The van der Waals surface area contributed by atoms with E-state index in [4.69, 9.17) is 9.47 Å². The van der Waals surface area contributed by atoms with Gasteiger partial charge in [0.05, 0.1) is 13.7 Å². The predicted octanol–water partition coefficient (Wildman–Crippen LogP) is 3.46. The van der Waals surface area contributed by atoms with Crippen molar-refractivity contribution in [1.82, 2.24) is 4.90 Å². The first-order valence-electron chi connectivity index (χ1n) is 9.29. The van der Waals surface area contributed by atoms with E-state index < -0.39 is 0 Å². The minimum atomic E-state index is 0.0377. The molecule has 0 atom stereocenters. The molecular formula is C22H26N2O3. The van der Waals surface area contributed by atoms with Crippen LogP contribution in [0, 0.1) is 0 Å². The maximum Gasteiger partial charge on any atom is 0.246 e. The Hall–Kier alpha value is -2.95. The van der Waals surface area contributed by atoms with Crippen LogP contribution < -0.4 is 14.4 Å². The van der Waals surface area contributed by atoms with Crippen LogP contribution in [0.2, 0.25) is 0 Å². The van der Waals surface area contributed by atoms with E-state index in [0.29, 0.717) is 19.7 Å². The Morgan fingerprint density at radius 2 is 1.74 bits per heavy atom. The molecule has 0 unspecified atom stereocenters. The Balaban J connectivity index is 1.56. The zero-order valence-electron chi connectivity index (χ0n) is 15.9. The van der Waals surface area contributed by atoms with Crippen LogP contribution in [0.25, 0.3) is 6.08 Å². The van der Waals surface area contributed by atoms with E-state index in [0.717, 1.165) is 35.8 Å². The smallest absolute Gasteiger partial charge is 0.246 e. The standard InChI is InChI=1S/C22H26N2O3/c1-3-27-21-7-5-4-6-18(21)8-13-22(25)24-16-14-23(15-17-24)19-9-11-20(26-2)12-10-19/h4-13H,3,14-17H2,1-2H3/b13-8+. The molecule has 3 rings (SSSR count). The first-order chi connectivity index (χ1) is 13.2. The fraction of sp³-hybridized carbons (Fsp3) is 0.318. The number of anilines is 1. The highest BCUT2D eigenvalue weighted by Crippen LogP contribution is 2.21. The molecule has 5 nitrogen and oxygen atoms in total. The van der Waals surface area contributed by atoms with Crippen LogP contribution in [0.15, 0.2) is 54.6 Å². The first kappa shape index (κ1) is 18.8. The number of methoxy groups -OCH3 is 1. The zero-order valence-corrected chi connectivity index (χ0v) is 15.9. The summed E-state index contributed by atoms with van der Waals surface area (Å²) < 4.78 is 10.8. The van der Waals surface area contributed by atoms with Crippen molar-refractivity contribution >= 4 is 17.7 Å². The number of para-hydroxylation sites is 1. The molecule has 1 amide bonds. The van der Waals surface area contributed by atoms with Gasteiger partial charge in [-0.3, -0.25) is 4.79 Å². The second-order valence-corrected chi connectivity index (χ2v) is 6.31.